The molecule has 3 aromatic carbocycles. The van der Waals surface area contributed by atoms with Crippen LogP contribution in [0.2, 0.25) is 0 Å². The first-order valence-corrected chi connectivity index (χ1v) is 11.1. The Bertz CT molecular complexity index is 1280. The van der Waals surface area contributed by atoms with E-state index in [0.717, 1.165) is 11.3 Å². The van der Waals surface area contributed by atoms with Crippen molar-refractivity contribution in [1.29, 1.82) is 0 Å². The number of thioether (sulfide) groups is 1. The molecule has 5 rings (SSSR count). The van der Waals surface area contributed by atoms with Gasteiger partial charge in [0.2, 0.25) is 5.16 Å². The molecular formula is C23H18FN5O3S. The van der Waals surface area contributed by atoms with Gasteiger partial charge in [-0.2, -0.15) is 4.68 Å². The summed E-state index contributed by atoms with van der Waals surface area (Å²) in [6, 6.07) is 18.6. The van der Waals surface area contributed by atoms with Gasteiger partial charge in [-0.1, -0.05) is 23.9 Å². The Hall–Kier alpha value is -3.92. The lowest BCUT2D eigenvalue weighted by molar-refractivity contribution is 0.102. The average Bonchev–Trinajstić information content (AvgIpc) is 3.32. The zero-order chi connectivity index (χ0) is 22.6. The lowest BCUT2D eigenvalue weighted by atomic mass is 10.2. The maximum absolute atomic E-state index is 13.1. The summed E-state index contributed by atoms with van der Waals surface area (Å²) < 4.78 is 25.7. The van der Waals surface area contributed by atoms with Crippen LogP contribution in [0.5, 0.6) is 11.5 Å². The van der Waals surface area contributed by atoms with Crippen LogP contribution in [0.1, 0.15) is 15.9 Å². The predicted molar refractivity (Wildman–Crippen MR) is 121 cm³/mol. The number of rotatable bonds is 6. The van der Waals surface area contributed by atoms with Crippen LogP contribution in [0, 0.1) is 5.82 Å². The normalized spacial score (nSPS) is 12.4. The minimum atomic E-state index is -0.272. The molecule has 166 valence electrons. The number of fused-ring (bicyclic) bond motifs is 1. The number of benzene rings is 3. The number of nitrogens with one attached hydrogen (secondary N) is 1. The molecule has 0 bridgehead atoms. The van der Waals surface area contributed by atoms with Gasteiger partial charge in [-0.05, 0) is 64.5 Å². The van der Waals surface area contributed by atoms with E-state index >= 15 is 0 Å². The lowest BCUT2D eigenvalue weighted by Gasteiger charge is -2.19. The largest absolute Gasteiger partial charge is 0.486 e. The van der Waals surface area contributed by atoms with E-state index in [-0.39, 0.29) is 11.7 Å². The molecule has 0 unspecified atom stereocenters. The number of carbonyl (C=O) groups is 1. The molecular weight excluding hydrogens is 445 g/mol. The highest BCUT2D eigenvalue weighted by molar-refractivity contribution is 7.98. The summed E-state index contributed by atoms with van der Waals surface area (Å²) in [4.78, 5) is 12.7. The molecule has 8 nitrogen and oxygen atoms in total. The standard InChI is InChI=1S/C23H18FN5O3S/c24-17-5-1-15(2-6-17)14-33-23-26-27-28-29(23)19-8-3-16(4-9-19)22(30)25-18-7-10-20-21(13-18)32-12-11-31-20/h1-10,13H,11-12,14H2,(H,25,30). The van der Waals surface area contributed by atoms with Crippen molar-refractivity contribution in [3.8, 4) is 17.2 Å². The number of anilines is 1. The lowest BCUT2D eigenvalue weighted by Crippen LogP contribution is -2.16. The highest BCUT2D eigenvalue weighted by Crippen LogP contribution is 2.32. The van der Waals surface area contributed by atoms with Crippen molar-refractivity contribution in [1.82, 2.24) is 20.2 Å². The summed E-state index contributed by atoms with van der Waals surface area (Å²) in [5.41, 5.74) is 2.79. The second kappa shape index (κ2) is 9.29. The number of hydrogen-bond donors (Lipinski definition) is 1. The number of ether oxygens (including phenoxy) is 2. The maximum Gasteiger partial charge on any atom is 0.255 e. The van der Waals surface area contributed by atoms with Gasteiger partial charge in [0.15, 0.2) is 11.5 Å². The van der Waals surface area contributed by atoms with Crippen LogP contribution in [0.15, 0.2) is 71.9 Å². The zero-order valence-corrected chi connectivity index (χ0v) is 18.1. The second-order valence-electron chi connectivity index (χ2n) is 7.15. The summed E-state index contributed by atoms with van der Waals surface area (Å²) in [6.07, 6.45) is 0. The highest BCUT2D eigenvalue weighted by Gasteiger charge is 2.14. The fraction of sp³-hybridized carbons (Fsp3) is 0.130. The van der Waals surface area contributed by atoms with Gasteiger partial charge in [0, 0.05) is 23.1 Å². The van der Waals surface area contributed by atoms with Crippen LogP contribution < -0.4 is 14.8 Å². The first kappa shape index (κ1) is 21.0. The maximum atomic E-state index is 13.1. The van der Waals surface area contributed by atoms with Crippen LogP contribution in [0.4, 0.5) is 10.1 Å². The second-order valence-corrected chi connectivity index (χ2v) is 8.09. The molecule has 0 fully saturated rings. The number of hydrogen-bond acceptors (Lipinski definition) is 7. The van der Waals surface area contributed by atoms with Gasteiger partial charge in [0.1, 0.15) is 19.0 Å². The molecule has 0 saturated heterocycles. The van der Waals surface area contributed by atoms with Crippen molar-refractivity contribution in [2.75, 3.05) is 18.5 Å². The third kappa shape index (κ3) is 4.80. The van der Waals surface area contributed by atoms with Gasteiger partial charge >= 0.3 is 0 Å². The van der Waals surface area contributed by atoms with E-state index in [1.54, 1.807) is 59.3 Å². The number of tetrazole rings is 1. The molecule has 0 spiro atoms. The summed E-state index contributed by atoms with van der Waals surface area (Å²) in [5, 5.41) is 15.3. The van der Waals surface area contributed by atoms with Crippen LogP contribution in [-0.4, -0.2) is 39.3 Å². The van der Waals surface area contributed by atoms with E-state index in [0.29, 0.717) is 46.9 Å². The van der Waals surface area contributed by atoms with E-state index in [9.17, 15) is 9.18 Å². The summed E-state index contributed by atoms with van der Waals surface area (Å²) in [7, 11) is 0. The molecule has 1 aromatic heterocycles. The smallest absolute Gasteiger partial charge is 0.255 e. The summed E-state index contributed by atoms with van der Waals surface area (Å²) >= 11 is 1.43. The van der Waals surface area contributed by atoms with Crippen LogP contribution in [0.25, 0.3) is 5.69 Å². The van der Waals surface area contributed by atoms with E-state index < -0.39 is 0 Å². The Morgan fingerprint density at radius 3 is 2.55 bits per heavy atom. The molecule has 0 atom stereocenters. The molecule has 0 aliphatic carbocycles. The molecule has 1 amide bonds. The fourth-order valence-corrected chi connectivity index (χ4v) is 4.08. The van der Waals surface area contributed by atoms with Gasteiger partial charge in [-0.25, -0.2) is 4.39 Å². The van der Waals surface area contributed by atoms with Crippen LogP contribution in [-0.2, 0) is 5.75 Å². The summed E-state index contributed by atoms with van der Waals surface area (Å²) in [5.74, 6) is 1.35. The number of amides is 1. The quantitative estimate of drug-likeness (QED) is 0.430. The van der Waals surface area contributed by atoms with Gasteiger partial charge in [-0.3, -0.25) is 4.79 Å². The fourth-order valence-electron chi connectivity index (χ4n) is 3.24. The van der Waals surface area contributed by atoms with Crippen molar-refractivity contribution < 1.29 is 18.7 Å². The SMILES string of the molecule is O=C(Nc1ccc2c(c1)OCCO2)c1ccc(-n2nnnc2SCc2ccc(F)cc2)cc1. The topological polar surface area (TPSA) is 91.2 Å². The zero-order valence-electron chi connectivity index (χ0n) is 17.3. The van der Waals surface area contributed by atoms with Crippen molar-refractivity contribution in [2.45, 2.75) is 10.9 Å². The average molecular weight is 463 g/mol. The number of carbonyl (C=O) groups excluding carboxylic acids is 1. The van der Waals surface area contributed by atoms with Crippen LogP contribution in [0.3, 0.4) is 0 Å². The Morgan fingerprint density at radius 2 is 1.76 bits per heavy atom. The van der Waals surface area contributed by atoms with Gasteiger partial charge in [-0.15, -0.1) is 5.10 Å². The van der Waals surface area contributed by atoms with Crippen molar-refractivity contribution >= 4 is 23.4 Å². The van der Waals surface area contributed by atoms with Gasteiger partial charge < -0.3 is 14.8 Å². The van der Waals surface area contributed by atoms with Crippen molar-refractivity contribution in [3.05, 3.63) is 83.7 Å². The van der Waals surface area contributed by atoms with Crippen LogP contribution >= 0.6 is 11.8 Å². The molecule has 1 N–H and O–H groups in total. The van der Waals surface area contributed by atoms with Crippen molar-refractivity contribution in [2.24, 2.45) is 0 Å². The Morgan fingerprint density at radius 1 is 1.00 bits per heavy atom. The van der Waals surface area contributed by atoms with Crippen molar-refractivity contribution in [3.63, 3.8) is 0 Å². The molecule has 10 heteroatoms. The molecule has 4 aromatic rings. The van der Waals surface area contributed by atoms with E-state index in [4.69, 9.17) is 9.47 Å². The number of halogens is 1. The first-order valence-electron chi connectivity index (χ1n) is 10.1. The Balaban J connectivity index is 1.26. The molecule has 33 heavy (non-hydrogen) atoms. The van der Waals surface area contributed by atoms with E-state index in [2.05, 4.69) is 20.8 Å². The molecule has 0 saturated carbocycles. The molecule has 0 radical (unpaired) electrons. The molecule has 2 heterocycles. The van der Waals surface area contributed by atoms with E-state index in [1.165, 1.54) is 23.9 Å². The third-order valence-electron chi connectivity index (χ3n) is 4.90. The van der Waals surface area contributed by atoms with E-state index in [1.807, 2.05) is 0 Å². The monoisotopic (exact) mass is 463 g/mol. The minimum Gasteiger partial charge on any atom is -0.486 e. The summed E-state index contributed by atoms with van der Waals surface area (Å²) in [6.45, 7) is 0.992. The minimum absolute atomic E-state index is 0.249. The Labute approximate surface area is 192 Å². The predicted octanol–water partition coefficient (Wildman–Crippen LogP) is 4.12. The Kier molecular flexibility index (Phi) is 5.90. The highest BCUT2D eigenvalue weighted by atomic mass is 32.2. The third-order valence-corrected chi connectivity index (χ3v) is 5.89. The first-order chi connectivity index (χ1) is 16.2. The number of aromatic nitrogens is 4. The van der Waals surface area contributed by atoms with Gasteiger partial charge in [0.05, 0.1) is 5.69 Å². The molecule has 1 aliphatic rings. The number of nitrogens with zero attached hydrogens (tertiary/aromatic N) is 4. The van der Waals surface area contributed by atoms with Gasteiger partial charge in [0.25, 0.3) is 5.91 Å². The molecule has 1 aliphatic heterocycles.